The molecular formula is C22H19N3O5S. The third-order valence-electron chi connectivity index (χ3n) is 3.95. The molecule has 0 spiro atoms. The van der Waals surface area contributed by atoms with Crippen molar-refractivity contribution in [3.63, 3.8) is 0 Å². The molecule has 1 atom stereocenters. The van der Waals surface area contributed by atoms with Gasteiger partial charge in [-0.05, 0) is 30.7 Å². The van der Waals surface area contributed by atoms with E-state index in [4.69, 9.17) is 9.63 Å². The average Bonchev–Trinajstić information content (AvgIpc) is 3.16. The smallest absolute Gasteiger partial charge is 0.328 e. The Hall–Kier alpha value is -3.85. The molecule has 31 heavy (non-hydrogen) atoms. The van der Waals surface area contributed by atoms with Gasteiger partial charge in [-0.1, -0.05) is 41.6 Å². The number of thioether (sulfide) groups is 1. The van der Waals surface area contributed by atoms with E-state index >= 15 is 0 Å². The van der Waals surface area contributed by atoms with Crippen molar-refractivity contribution in [2.75, 3.05) is 10.6 Å². The summed E-state index contributed by atoms with van der Waals surface area (Å²) in [6.45, 7) is 1.73. The number of nitrogens with one attached hydrogen (secondary N) is 2. The quantitative estimate of drug-likeness (QED) is 0.359. The second-order valence-electron chi connectivity index (χ2n) is 6.41. The number of hydrogen-bond acceptors (Lipinski definition) is 6. The summed E-state index contributed by atoms with van der Waals surface area (Å²) in [5.74, 6) is -1.14. The monoisotopic (exact) mass is 437 g/mol. The van der Waals surface area contributed by atoms with Gasteiger partial charge < -0.3 is 20.3 Å². The van der Waals surface area contributed by atoms with Crippen LogP contribution in [-0.2, 0) is 14.4 Å². The Kier molecular flexibility index (Phi) is 7.23. The summed E-state index contributed by atoms with van der Waals surface area (Å²) in [6.07, 6.45) is 1.69. The summed E-state index contributed by atoms with van der Waals surface area (Å²) in [7, 11) is 0. The molecule has 0 aliphatic rings. The summed E-state index contributed by atoms with van der Waals surface area (Å²) in [5.41, 5.74) is 1.27. The third-order valence-corrected chi connectivity index (χ3v) is 5.20. The Morgan fingerprint density at radius 1 is 1.03 bits per heavy atom. The maximum Gasteiger partial charge on any atom is 0.328 e. The van der Waals surface area contributed by atoms with Gasteiger partial charge in [0.25, 0.3) is 0 Å². The molecular weight excluding hydrogens is 418 g/mol. The van der Waals surface area contributed by atoms with E-state index in [1.165, 1.54) is 11.8 Å². The van der Waals surface area contributed by atoms with Crippen molar-refractivity contribution in [3.05, 3.63) is 84.1 Å². The highest BCUT2D eigenvalue weighted by molar-refractivity contribution is 8.00. The number of hydrogen-bond donors (Lipinski definition) is 3. The molecule has 2 amide bonds. The van der Waals surface area contributed by atoms with Gasteiger partial charge in [-0.15, -0.1) is 11.8 Å². The van der Waals surface area contributed by atoms with E-state index in [1.54, 1.807) is 31.2 Å². The number of rotatable bonds is 8. The van der Waals surface area contributed by atoms with Gasteiger partial charge in [-0.2, -0.15) is 0 Å². The Morgan fingerprint density at radius 3 is 2.48 bits per heavy atom. The van der Waals surface area contributed by atoms with Gasteiger partial charge >= 0.3 is 5.97 Å². The predicted molar refractivity (Wildman–Crippen MR) is 117 cm³/mol. The van der Waals surface area contributed by atoms with Crippen LogP contribution in [0.1, 0.15) is 16.6 Å². The molecule has 3 rings (SSSR count). The Bertz CT molecular complexity index is 1110. The number of aromatic nitrogens is 1. The summed E-state index contributed by atoms with van der Waals surface area (Å²) < 4.78 is 5.00. The normalized spacial score (nSPS) is 11.8. The second-order valence-corrected chi connectivity index (χ2v) is 7.59. The molecule has 158 valence electrons. The molecule has 0 bridgehead atoms. The molecule has 0 fully saturated rings. The van der Waals surface area contributed by atoms with E-state index in [1.807, 2.05) is 36.4 Å². The topological polar surface area (TPSA) is 122 Å². The molecule has 9 heteroatoms. The molecule has 0 aliphatic heterocycles. The lowest BCUT2D eigenvalue weighted by atomic mass is 10.1. The van der Waals surface area contributed by atoms with E-state index < -0.39 is 17.1 Å². The molecule has 8 nitrogen and oxygen atoms in total. The van der Waals surface area contributed by atoms with E-state index in [-0.39, 0.29) is 5.91 Å². The molecule has 0 radical (unpaired) electrons. The maximum atomic E-state index is 13.0. The Morgan fingerprint density at radius 2 is 1.81 bits per heavy atom. The van der Waals surface area contributed by atoms with Gasteiger partial charge in [0.15, 0.2) is 5.82 Å². The molecule has 1 heterocycles. The number of aryl methyl sites for hydroxylation is 1. The lowest BCUT2D eigenvalue weighted by Crippen LogP contribution is -2.19. The van der Waals surface area contributed by atoms with Crippen molar-refractivity contribution in [1.29, 1.82) is 0 Å². The standard InChI is InChI=1S/C22H19N3O5S/c1-14-12-18(25-30-14)24-22(29)21(15-6-3-2-4-7-15)31-17-9-5-8-16(13-17)23-19(26)10-11-20(27)28/h2-13,21H,1H3,(H,23,26)(H,27,28)(H,24,25,29)/b11-10+. The Balaban J connectivity index is 1.79. The fraction of sp³-hybridized carbons (Fsp3) is 0.0909. The van der Waals surface area contributed by atoms with E-state index in [0.717, 1.165) is 22.6 Å². The first-order chi connectivity index (χ1) is 14.9. The Labute approximate surface area is 182 Å². The van der Waals surface area contributed by atoms with Crippen LogP contribution in [0.15, 0.2) is 82.2 Å². The van der Waals surface area contributed by atoms with Crippen molar-refractivity contribution in [1.82, 2.24) is 5.16 Å². The van der Waals surface area contributed by atoms with Crippen molar-refractivity contribution >= 4 is 41.1 Å². The highest BCUT2D eigenvalue weighted by Gasteiger charge is 2.23. The molecule has 1 aromatic heterocycles. The first-order valence-corrected chi connectivity index (χ1v) is 10.1. The minimum atomic E-state index is -1.21. The van der Waals surface area contributed by atoms with Crippen molar-refractivity contribution < 1.29 is 24.0 Å². The summed E-state index contributed by atoms with van der Waals surface area (Å²) in [4.78, 5) is 36.1. The first-order valence-electron chi connectivity index (χ1n) is 9.18. The SMILES string of the molecule is Cc1cc(NC(=O)C(Sc2cccc(NC(=O)/C=C/C(=O)O)c2)c2ccccc2)no1. The molecule has 0 saturated carbocycles. The number of carbonyl (C=O) groups is 3. The van der Waals surface area contributed by atoms with E-state index in [9.17, 15) is 14.4 Å². The maximum absolute atomic E-state index is 13.0. The largest absolute Gasteiger partial charge is 0.478 e. The highest BCUT2D eigenvalue weighted by atomic mass is 32.2. The fourth-order valence-corrected chi connectivity index (χ4v) is 3.72. The van der Waals surface area contributed by atoms with Gasteiger partial charge in [-0.3, -0.25) is 9.59 Å². The number of carboxylic acid groups (broad SMARTS) is 1. The van der Waals surface area contributed by atoms with Crippen LogP contribution in [0.2, 0.25) is 0 Å². The van der Waals surface area contributed by atoms with Gasteiger partial charge in [0.05, 0.1) is 0 Å². The number of aliphatic carboxylic acids is 1. The van der Waals surface area contributed by atoms with Crippen molar-refractivity contribution in [2.45, 2.75) is 17.1 Å². The third kappa shape index (κ3) is 6.58. The van der Waals surface area contributed by atoms with Crippen LogP contribution < -0.4 is 10.6 Å². The van der Waals surface area contributed by atoms with Crippen LogP contribution in [0.25, 0.3) is 0 Å². The zero-order chi connectivity index (χ0) is 22.2. The summed E-state index contributed by atoms with van der Waals surface area (Å²) in [6, 6.07) is 17.8. The van der Waals surface area contributed by atoms with Crippen LogP contribution in [0.4, 0.5) is 11.5 Å². The molecule has 3 N–H and O–H groups in total. The van der Waals surface area contributed by atoms with Crippen LogP contribution in [-0.4, -0.2) is 28.0 Å². The molecule has 0 aliphatic carbocycles. The number of amides is 2. The average molecular weight is 437 g/mol. The number of nitrogens with zero attached hydrogens (tertiary/aromatic N) is 1. The predicted octanol–water partition coefficient (Wildman–Crippen LogP) is 4.03. The number of benzene rings is 2. The van der Waals surface area contributed by atoms with Crippen LogP contribution in [0.3, 0.4) is 0 Å². The highest BCUT2D eigenvalue weighted by Crippen LogP contribution is 2.37. The van der Waals surface area contributed by atoms with Crippen LogP contribution in [0, 0.1) is 6.92 Å². The van der Waals surface area contributed by atoms with Crippen LogP contribution in [0.5, 0.6) is 0 Å². The van der Waals surface area contributed by atoms with Gasteiger partial charge in [0.1, 0.15) is 11.0 Å². The van der Waals surface area contributed by atoms with Gasteiger partial charge in [0.2, 0.25) is 11.8 Å². The van der Waals surface area contributed by atoms with E-state index in [0.29, 0.717) is 17.3 Å². The lowest BCUT2D eigenvalue weighted by Gasteiger charge is -2.16. The zero-order valence-corrected chi connectivity index (χ0v) is 17.3. The molecule has 1 unspecified atom stereocenters. The molecule has 2 aromatic carbocycles. The zero-order valence-electron chi connectivity index (χ0n) is 16.4. The minimum absolute atomic E-state index is 0.275. The number of anilines is 2. The molecule has 3 aromatic rings. The fourth-order valence-electron chi connectivity index (χ4n) is 2.63. The summed E-state index contributed by atoms with van der Waals surface area (Å²) in [5, 5.41) is 17.2. The molecule has 0 saturated heterocycles. The first kappa shape index (κ1) is 21.8. The van der Waals surface area contributed by atoms with Crippen LogP contribution >= 0.6 is 11.8 Å². The van der Waals surface area contributed by atoms with Gasteiger partial charge in [-0.25, -0.2) is 4.79 Å². The van der Waals surface area contributed by atoms with Crippen molar-refractivity contribution in [2.24, 2.45) is 0 Å². The minimum Gasteiger partial charge on any atom is -0.478 e. The second kappa shape index (κ2) is 10.3. The van der Waals surface area contributed by atoms with E-state index in [2.05, 4.69) is 15.8 Å². The van der Waals surface area contributed by atoms with Crippen molar-refractivity contribution in [3.8, 4) is 0 Å². The summed E-state index contributed by atoms with van der Waals surface area (Å²) >= 11 is 1.30. The lowest BCUT2D eigenvalue weighted by molar-refractivity contribution is -0.131. The number of carbonyl (C=O) groups excluding carboxylic acids is 2. The number of carboxylic acids is 1. The van der Waals surface area contributed by atoms with Gasteiger partial charge in [0, 0.05) is 28.8 Å².